The summed E-state index contributed by atoms with van der Waals surface area (Å²) in [5.41, 5.74) is 6.09. The van der Waals surface area contributed by atoms with Crippen molar-refractivity contribution in [2.75, 3.05) is 11.9 Å². The molecule has 2 heterocycles. The number of carboxylic acid groups (broad SMARTS) is 1. The zero-order chi connectivity index (χ0) is 20.9. The first-order valence-electron chi connectivity index (χ1n) is 8.74. The van der Waals surface area contributed by atoms with E-state index in [0.29, 0.717) is 21.8 Å². The van der Waals surface area contributed by atoms with Gasteiger partial charge in [-0.2, -0.15) is 0 Å². The number of hydrogen-bond acceptors (Lipinski definition) is 5. The van der Waals surface area contributed by atoms with E-state index < -0.39 is 17.2 Å². The fraction of sp³-hybridized carbons (Fsp3) is 0.150. The largest absolute Gasteiger partial charge is 0.477 e. The molecule has 1 unspecified atom stereocenters. The van der Waals surface area contributed by atoms with Crippen LogP contribution in [0.15, 0.2) is 46.2 Å². The number of thioether (sulfide) groups is 1. The van der Waals surface area contributed by atoms with Crippen LogP contribution in [0.2, 0.25) is 0 Å². The van der Waals surface area contributed by atoms with Gasteiger partial charge in [0.25, 0.3) is 0 Å². The highest BCUT2D eigenvalue weighted by molar-refractivity contribution is 8.00. The Hall–Kier alpha value is -3.17. The Balaban J connectivity index is 1.87. The van der Waals surface area contributed by atoms with E-state index >= 15 is 0 Å². The monoisotopic (exact) mass is 413 g/mol. The molecule has 1 atom stereocenters. The molecular weight excluding hydrogens is 397 g/mol. The van der Waals surface area contributed by atoms with Crippen molar-refractivity contribution in [2.24, 2.45) is 5.73 Å². The number of nitrogens with zero attached hydrogens (tertiary/aromatic N) is 1. The highest BCUT2D eigenvalue weighted by Gasteiger charge is 2.33. The fourth-order valence-electron chi connectivity index (χ4n) is 3.40. The first-order chi connectivity index (χ1) is 13.8. The number of nitrogens with two attached hydrogens (primary N) is 1. The maximum Gasteiger partial charge on any atom is 0.342 e. The number of carbonyl (C=O) groups is 2. The Morgan fingerprint density at radius 2 is 1.97 bits per heavy atom. The van der Waals surface area contributed by atoms with E-state index in [1.54, 1.807) is 34.9 Å². The molecule has 2 aromatic carbocycles. The summed E-state index contributed by atoms with van der Waals surface area (Å²) in [6.07, 6.45) is 0. The standard InChI is InChI=1S/C20H16FN3O4S/c1-9-24-15-7-12(10-2-4-11(5-3-10)23-16(25)8-22)14(21)6-13(15)18(26)17(20(27)28)19(24)29-9/h2-7,9H,8,22H2,1H3,(H,23,25)(H,27,28). The number of carbonyl (C=O) groups excluding carboxylic acids is 1. The van der Waals surface area contributed by atoms with Crippen molar-refractivity contribution in [2.45, 2.75) is 17.3 Å². The fourth-order valence-corrected chi connectivity index (χ4v) is 4.56. The maximum absolute atomic E-state index is 14.8. The van der Waals surface area contributed by atoms with Crippen molar-refractivity contribution >= 4 is 40.2 Å². The molecule has 7 nitrogen and oxygen atoms in total. The number of anilines is 1. The van der Waals surface area contributed by atoms with Gasteiger partial charge in [0, 0.05) is 16.6 Å². The van der Waals surface area contributed by atoms with Gasteiger partial charge in [-0.05, 0) is 36.8 Å². The molecule has 4 rings (SSSR count). The van der Waals surface area contributed by atoms with Gasteiger partial charge in [0.2, 0.25) is 11.3 Å². The Morgan fingerprint density at radius 3 is 2.55 bits per heavy atom. The second kappa shape index (κ2) is 7.02. The van der Waals surface area contributed by atoms with Crippen molar-refractivity contribution in [3.8, 4) is 11.1 Å². The van der Waals surface area contributed by atoms with Crippen LogP contribution in [0.5, 0.6) is 0 Å². The summed E-state index contributed by atoms with van der Waals surface area (Å²) >= 11 is 1.29. The molecule has 1 aliphatic heterocycles. The average Bonchev–Trinajstić information content (AvgIpc) is 2.68. The quantitative estimate of drug-likeness (QED) is 0.606. The minimum atomic E-state index is -1.32. The van der Waals surface area contributed by atoms with E-state index in [4.69, 9.17) is 5.73 Å². The highest BCUT2D eigenvalue weighted by Crippen LogP contribution is 2.46. The maximum atomic E-state index is 14.8. The van der Waals surface area contributed by atoms with E-state index in [-0.39, 0.29) is 34.3 Å². The SMILES string of the molecule is CC1Sc2c(C(=O)O)c(=O)c3cc(F)c(-c4ccc(NC(=O)CN)cc4)cc3n21. The molecule has 1 aromatic heterocycles. The van der Waals surface area contributed by atoms with Crippen LogP contribution >= 0.6 is 11.8 Å². The number of aromatic carboxylic acids is 1. The highest BCUT2D eigenvalue weighted by atomic mass is 32.2. The van der Waals surface area contributed by atoms with Gasteiger partial charge in [-0.15, -0.1) is 0 Å². The number of halogens is 1. The predicted molar refractivity (Wildman–Crippen MR) is 109 cm³/mol. The molecule has 1 amide bonds. The topological polar surface area (TPSA) is 114 Å². The summed E-state index contributed by atoms with van der Waals surface area (Å²) in [6.45, 7) is 1.74. The Kier molecular flexibility index (Phi) is 4.64. The molecule has 0 fully saturated rings. The van der Waals surface area contributed by atoms with Crippen molar-refractivity contribution in [3.63, 3.8) is 0 Å². The van der Waals surface area contributed by atoms with Crippen LogP contribution in [0.1, 0.15) is 22.7 Å². The molecule has 0 saturated heterocycles. The smallest absolute Gasteiger partial charge is 0.342 e. The lowest BCUT2D eigenvalue weighted by molar-refractivity contribution is -0.114. The number of carboxylic acids is 1. The van der Waals surface area contributed by atoms with Gasteiger partial charge in [-0.25, -0.2) is 9.18 Å². The molecule has 0 radical (unpaired) electrons. The number of aromatic nitrogens is 1. The second-order valence-electron chi connectivity index (χ2n) is 6.58. The van der Waals surface area contributed by atoms with Crippen molar-refractivity contribution < 1.29 is 19.1 Å². The van der Waals surface area contributed by atoms with E-state index in [2.05, 4.69) is 5.32 Å². The van der Waals surface area contributed by atoms with Gasteiger partial charge in [0.15, 0.2) is 0 Å². The zero-order valence-electron chi connectivity index (χ0n) is 15.2. The summed E-state index contributed by atoms with van der Waals surface area (Å²) in [6, 6.07) is 9.20. The van der Waals surface area contributed by atoms with Gasteiger partial charge < -0.3 is 20.7 Å². The summed E-state index contributed by atoms with van der Waals surface area (Å²) in [7, 11) is 0. The molecular formula is C20H16FN3O4S. The van der Waals surface area contributed by atoms with Gasteiger partial charge in [0.05, 0.1) is 22.5 Å². The third kappa shape index (κ3) is 3.08. The molecule has 4 N–H and O–H groups in total. The van der Waals surface area contributed by atoms with Crippen LogP contribution in [0.4, 0.5) is 10.1 Å². The first-order valence-corrected chi connectivity index (χ1v) is 9.62. The molecule has 0 bridgehead atoms. The van der Waals surface area contributed by atoms with E-state index in [0.717, 1.165) is 6.07 Å². The van der Waals surface area contributed by atoms with E-state index in [9.17, 15) is 23.9 Å². The van der Waals surface area contributed by atoms with E-state index in [1.165, 1.54) is 11.8 Å². The lowest BCUT2D eigenvalue weighted by Crippen LogP contribution is -2.28. The minimum absolute atomic E-state index is 0.0337. The normalized spacial score (nSPS) is 14.9. The van der Waals surface area contributed by atoms with Crippen LogP contribution in [0.3, 0.4) is 0 Å². The first kappa shape index (κ1) is 19.2. The zero-order valence-corrected chi connectivity index (χ0v) is 16.0. The third-order valence-corrected chi connectivity index (χ3v) is 5.95. The van der Waals surface area contributed by atoms with Gasteiger partial charge in [0.1, 0.15) is 11.4 Å². The molecule has 148 valence electrons. The predicted octanol–water partition coefficient (Wildman–Crippen LogP) is 3.03. The number of benzene rings is 2. The van der Waals surface area contributed by atoms with Crippen LogP contribution in [-0.2, 0) is 4.79 Å². The molecule has 29 heavy (non-hydrogen) atoms. The number of nitrogens with one attached hydrogen (secondary N) is 1. The number of amides is 1. The average molecular weight is 413 g/mol. The van der Waals surface area contributed by atoms with Gasteiger partial charge in [-0.1, -0.05) is 23.9 Å². The molecule has 9 heteroatoms. The Morgan fingerprint density at radius 1 is 1.28 bits per heavy atom. The number of hydrogen-bond donors (Lipinski definition) is 3. The molecule has 0 spiro atoms. The molecule has 0 aliphatic carbocycles. The molecule has 0 saturated carbocycles. The van der Waals surface area contributed by atoms with Crippen LogP contribution in [0, 0.1) is 5.82 Å². The summed E-state index contributed by atoms with van der Waals surface area (Å²) in [5.74, 6) is -2.29. The van der Waals surface area contributed by atoms with Crippen LogP contribution < -0.4 is 16.5 Å². The Labute approximate surface area is 168 Å². The van der Waals surface area contributed by atoms with Gasteiger partial charge in [-0.3, -0.25) is 9.59 Å². The number of pyridine rings is 1. The lowest BCUT2D eigenvalue weighted by atomic mass is 10.0. The van der Waals surface area contributed by atoms with Crippen molar-refractivity contribution in [1.29, 1.82) is 0 Å². The van der Waals surface area contributed by atoms with Crippen molar-refractivity contribution in [1.82, 2.24) is 4.57 Å². The van der Waals surface area contributed by atoms with Gasteiger partial charge >= 0.3 is 5.97 Å². The minimum Gasteiger partial charge on any atom is -0.477 e. The van der Waals surface area contributed by atoms with Crippen LogP contribution in [-0.4, -0.2) is 28.1 Å². The van der Waals surface area contributed by atoms with E-state index in [1.807, 2.05) is 6.92 Å². The summed E-state index contributed by atoms with van der Waals surface area (Å²) in [4.78, 5) is 35.5. The summed E-state index contributed by atoms with van der Waals surface area (Å²) < 4.78 is 16.6. The molecule has 1 aliphatic rings. The lowest BCUT2D eigenvalue weighted by Gasteiger charge is -2.32. The van der Waals surface area contributed by atoms with Crippen LogP contribution in [0.25, 0.3) is 22.0 Å². The van der Waals surface area contributed by atoms with Crippen molar-refractivity contribution in [3.05, 3.63) is 58.0 Å². The second-order valence-corrected chi connectivity index (χ2v) is 7.89. The number of rotatable bonds is 4. The summed E-state index contributed by atoms with van der Waals surface area (Å²) in [5, 5.41) is 12.3. The Bertz CT molecular complexity index is 1240. The molecule has 3 aromatic rings. The third-order valence-electron chi connectivity index (χ3n) is 4.77. The number of fused-ring (bicyclic) bond motifs is 3.